The molecule has 0 bridgehead atoms. The Morgan fingerprint density at radius 3 is 2.72 bits per heavy atom. The molecule has 0 fully saturated rings. The fraction of sp³-hybridized carbons (Fsp3) is 0.154. The molecule has 18 heavy (non-hydrogen) atoms. The van der Waals surface area contributed by atoms with Crippen LogP contribution in [-0.4, -0.2) is 21.6 Å². The maximum absolute atomic E-state index is 11.7. The second kappa shape index (κ2) is 6.16. The van der Waals surface area contributed by atoms with Crippen LogP contribution < -0.4 is 5.32 Å². The topological polar surface area (TPSA) is 54.9 Å². The molecule has 0 radical (unpaired) electrons. The number of thioether (sulfide) groups is 1. The number of carbonyl (C=O) groups is 1. The summed E-state index contributed by atoms with van der Waals surface area (Å²) < 4.78 is 0. The van der Waals surface area contributed by atoms with Crippen molar-refractivity contribution in [3.63, 3.8) is 0 Å². The van der Waals surface area contributed by atoms with Gasteiger partial charge in [-0.3, -0.25) is 9.78 Å². The molecular formula is C13H13N3OS. The quantitative estimate of drug-likeness (QED) is 0.857. The highest BCUT2D eigenvalue weighted by Crippen LogP contribution is 2.16. The van der Waals surface area contributed by atoms with Crippen molar-refractivity contribution >= 4 is 23.5 Å². The number of carbonyl (C=O) groups excluding carboxylic acids is 1. The first-order valence-corrected chi connectivity index (χ1v) is 6.48. The minimum atomic E-state index is -0.0619. The monoisotopic (exact) mass is 259 g/mol. The van der Waals surface area contributed by atoms with Gasteiger partial charge in [-0.15, -0.1) is 11.8 Å². The molecule has 0 aliphatic heterocycles. The van der Waals surface area contributed by atoms with E-state index in [0.717, 1.165) is 10.5 Å². The lowest BCUT2D eigenvalue weighted by molar-refractivity contribution is -0.113. The predicted molar refractivity (Wildman–Crippen MR) is 72.6 cm³/mol. The number of aromatic nitrogens is 2. The molecule has 0 aliphatic carbocycles. The van der Waals surface area contributed by atoms with Gasteiger partial charge in [0.1, 0.15) is 5.82 Å². The Morgan fingerprint density at radius 1 is 1.28 bits per heavy atom. The zero-order valence-electron chi connectivity index (χ0n) is 9.96. The molecule has 92 valence electrons. The molecule has 0 atom stereocenters. The Kier molecular flexibility index (Phi) is 4.30. The number of hydrogen-bond acceptors (Lipinski definition) is 4. The molecule has 2 aromatic heterocycles. The summed E-state index contributed by atoms with van der Waals surface area (Å²) >= 11 is 1.47. The standard InChI is InChI=1S/C13H13N3OS/c1-10-2-3-12(15-8-10)16-13(17)9-18-11-4-6-14-7-5-11/h2-8H,9H2,1H3,(H,15,16,17). The van der Waals surface area contributed by atoms with Gasteiger partial charge in [0.15, 0.2) is 0 Å². The van der Waals surface area contributed by atoms with Gasteiger partial charge < -0.3 is 5.32 Å². The minimum Gasteiger partial charge on any atom is -0.310 e. The molecule has 5 heteroatoms. The average Bonchev–Trinajstić information content (AvgIpc) is 2.40. The molecule has 0 unspecified atom stereocenters. The van der Waals surface area contributed by atoms with E-state index in [1.165, 1.54) is 11.8 Å². The lowest BCUT2D eigenvalue weighted by atomic mass is 10.3. The first-order chi connectivity index (χ1) is 8.74. The summed E-state index contributed by atoms with van der Waals surface area (Å²) in [7, 11) is 0. The molecule has 2 rings (SSSR count). The number of anilines is 1. The van der Waals surface area contributed by atoms with Crippen molar-refractivity contribution in [2.75, 3.05) is 11.1 Å². The SMILES string of the molecule is Cc1ccc(NC(=O)CSc2ccncc2)nc1. The maximum atomic E-state index is 11.7. The van der Waals surface area contributed by atoms with E-state index in [2.05, 4.69) is 15.3 Å². The Morgan fingerprint density at radius 2 is 2.06 bits per heavy atom. The van der Waals surface area contributed by atoms with Crippen molar-refractivity contribution in [1.29, 1.82) is 0 Å². The zero-order valence-corrected chi connectivity index (χ0v) is 10.8. The molecule has 0 aromatic carbocycles. The van der Waals surface area contributed by atoms with Crippen molar-refractivity contribution in [1.82, 2.24) is 9.97 Å². The van der Waals surface area contributed by atoms with Crippen LogP contribution in [-0.2, 0) is 4.79 Å². The van der Waals surface area contributed by atoms with Crippen molar-refractivity contribution in [3.05, 3.63) is 48.4 Å². The van der Waals surface area contributed by atoms with Gasteiger partial charge in [0, 0.05) is 23.5 Å². The van der Waals surface area contributed by atoms with E-state index in [-0.39, 0.29) is 5.91 Å². The van der Waals surface area contributed by atoms with Crippen LogP contribution in [0.1, 0.15) is 5.56 Å². The highest BCUT2D eigenvalue weighted by Gasteiger charge is 2.04. The van der Waals surface area contributed by atoms with Crippen LogP contribution in [0.3, 0.4) is 0 Å². The molecule has 0 saturated heterocycles. The van der Waals surface area contributed by atoms with E-state index in [4.69, 9.17) is 0 Å². The van der Waals surface area contributed by atoms with E-state index in [1.807, 2.05) is 25.1 Å². The summed E-state index contributed by atoms with van der Waals surface area (Å²) in [5.41, 5.74) is 1.07. The second-order valence-corrected chi connectivity index (χ2v) is 4.79. The molecule has 1 N–H and O–H groups in total. The largest absolute Gasteiger partial charge is 0.310 e. The first kappa shape index (κ1) is 12.6. The fourth-order valence-corrected chi connectivity index (χ4v) is 1.99. The van der Waals surface area contributed by atoms with Crippen LogP contribution in [0, 0.1) is 6.92 Å². The number of nitrogens with one attached hydrogen (secondary N) is 1. The van der Waals surface area contributed by atoms with E-state index in [1.54, 1.807) is 24.7 Å². The molecule has 0 aliphatic rings. The maximum Gasteiger partial charge on any atom is 0.235 e. The Hall–Kier alpha value is -1.88. The van der Waals surface area contributed by atoms with Gasteiger partial charge in [0.2, 0.25) is 5.91 Å². The Balaban J connectivity index is 1.84. The molecule has 0 saturated carbocycles. The van der Waals surface area contributed by atoms with E-state index in [0.29, 0.717) is 11.6 Å². The highest BCUT2D eigenvalue weighted by atomic mass is 32.2. The van der Waals surface area contributed by atoms with Gasteiger partial charge >= 0.3 is 0 Å². The van der Waals surface area contributed by atoms with Crippen LogP contribution >= 0.6 is 11.8 Å². The molecule has 2 aromatic rings. The number of hydrogen-bond donors (Lipinski definition) is 1. The zero-order chi connectivity index (χ0) is 12.8. The van der Waals surface area contributed by atoms with Gasteiger partial charge in [-0.2, -0.15) is 0 Å². The van der Waals surface area contributed by atoms with Crippen LogP contribution in [0.5, 0.6) is 0 Å². The summed E-state index contributed by atoms with van der Waals surface area (Å²) in [6.07, 6.45) is 5.15. The average molecular weight is 259 g/mol. The predicted octanol–water partition coefficient (Wildman–Crippen LogP) is 2.52. The van der Waals surface area contributed by atoms with Gasteiger partial charge in [0.25, 0.3) is 0 Å². The third-order valence-corrected chi connectivity index (χ3v) is 3.21. The third kappa shape index (κ3) is 3.85. The molecule has 2 heterocycles. The summed E-state index contributed by atoms with van der Waals surface area (Å²) in [5, 5.41) is 2.75. The molecule has 1 amide bonds. The summed E-state index contributed by atoms with van der Waals surface area (Å²) in [5.74, 6) is 0.883. The fourth-order valence-electron chi connectivity index (χ4n) is 1.30. The first-order valence-electron chi connectivity index (χ1n) is 5.49. The highest BCUT2D eigenvalue weighted by molar-refractivity contribution is 8.00. The smallest absolute Gasteiger partial charge is 0.235 e. The van der Waals surface area contributed by atoms with Crippen LogP contribution in [0.4, 0.5) is 5.82 Å². The molecular weight excluding hydrogens is 246 g/mol. The third-order valence-electron chi connectivity index (χ3n) is 2.20. The van der Waals surface area contributed by atoms with Crippen molar-refractivity contribution in [3.8, 4) is 0 Å². The lowest BCUT2D eigenvalue weighted by Crippen LogP contribution is -2.14. The van der Waals surface area contributed by atoms with Gasteiger partial charge in [0.05, 0.1) is 5.75 Å². The van der Waals surface area contributed by atoms with E-state index >= 15 is 0 Å². The van der Waals surface area contributed by atoms with Crippen LogP contribution in [0.15, 0.2) is 47.8 Å². The van der Waals surface area contributed by atoms with Crippen molar-refractivity contribution in [2.45, 2.75) is 11.8 Å². The number of aryl methyl sites for hydroxylation is 1. The summed E-state index contributed by atoms with van der Waals surface area (Å²) in [6.45, 7) is 1.96. The van der Waals surface area contributed by atoms with Crippen LogP contribution in [0.2, 0.25) is 0 Å². The normalized spacial score (nSPS) is 10.1. The van der Waals surface area contributed by atoms with Gasteiger partial charge in [-0.05, 0) is 30.7 Å². The summed E-state index contributed by atoms with van der Waals surface area (Å²) in [4.78, 5) is 20.8. The molecule has 4 nitrogen and oxygen atoms in total. The van der Waals surface area contributed by atoms with Crippen LogP contribution in [0.25, 0.3) is 0 Å². The van der Waals surface area contributed by atoms with E-state index < -0.39 is 0 Å². The van der Waals surface area contributed by atoms with Crippen molar-refractivity contribution < 1.29 is 4.79 Å². The Labute approximate surface area is 110 Å². The minimum absolute atomic E-state index is 0.0619. The number of rotatable bonds is 4. The Bertz CT molecular complexity index is 514. The lowest BCUT2D eigenvalue weighted by Gasteiger charge is -2.04. The van der Waals surface area contributed by atoms with Gasteiger partial charge in [-0.1, -0.05) is 6.07 Å². The summed E-state index contributed by atoms with van der Waals surface area (Å²) in [6, 6.07) is 7.47. The second-order valence-electron chi connectivity index (χ2n) is 3.74. The van der Waals surface area contributed by atoms with E-state index in [9.17, 15) is 4.79 Å². The van der Waals surface area contributed by atoms with Crippen molar-refractivity contribution in [2.24, 2.45) is 0 Å². The number of amides is 1. The molecule has 0 spiro atoms. The van der Waals surface area contributed by atoms with Gasteiger partial charge in [-0.25, -0.2) is 4.98 Å². The number of pyridine rings is 2. The number of nitrogens with zero attached hydrogens (tertiary/aromatic N) is 2.